The smallest absolute Gasteiger partial charge is 0.278 e. The van der Waals surface area contributed by atoms with Crippen LogP contribution in [0.3, 0.4) is 0 Å². The zero-order valence-electron chi connectivity index (χ0n) is 19.4. The Kier molecular flexibility index (Phi) is 6.49. The summed E-state index contributed by atoms with van der Waals surface area (Å²) >= 11 is 0. The Morgan fingerprint density at radius 3 is 2.18 bits per heavy atom. The highest BCUT2D eigenvalue weighted by Gasteiger charge is 2.39. The third-order valence-electron chi connectivity index (χ3n) is 5.54. The zero-order chi connectivity index (χ0) is 24.2. The van der Waals surface area contributed by atoms with Crippen molar-refractivity contribution in [2.75, 3.05) is 26.6 Å². The lowest BCUT2D eigenvalue weighted by Crippen LogP contribution is -2.32. The van der Waals surface area contributed by atoms with Crippen LogP contribution in [0, 0.1) is 6.92 Å². The molecule has 0 bridgehead atoms. The van der Waals surface area contributed by atoms with Crippen LogP contribution in [0.5, 0.6) is 17.2 Å². The topological polar surface area (TPSA) is 90.0 Å². The molecular weight excluding hydrogens is 434 g/mol. The van der Waals surface area contributed by atoms with Gasteiger partial charge in [-0.2, -0.15) is 0 Å². The van der Waals surface area contributed by atoms with Crippen LogP contribution in [0.4, 0.5) is 5.69 Å². The van der Waals surface area contributed by atoms with Gasteiger partial charge in [0.05, 0.1) is 39.1 Å². The van der Waals surface area contributed by atoms with Gasteiger partial charge in [-0.3, -0.25) is 19.5 Å². The number of nitrogens with one attached hydrogen (secondary N) is 1. The fourth-order valence-electron chi connectivity index (χ4n) is 3.82. The summed E-state index contributed by atoms with van der Waals surface area (Å²) in [6.07, 6.45) is 3.25. The third-order valence-corrected chi connectivity index (χ3v) is 5.54. The molecule has 0 aliphatic carbocycles. The molecule has 1 N–H and O–H groups in total. The Hall–Kier alpha value is -4.33. The van der Waals surface area contributed by atoms with Crippen molar-refractivity contribution >= 4 is 23.1 Å². The fourth-order valence-corrected chi connectivity index (χ4v) is 3.82. The van der Waals surface area contributed by atoms with E-state index in [9.17, 15) is 9.59 Å². The molecule has 174 valence electrons. The average molecular weight is 460 g/mol. The molecule has 0 unspecified atom stereocenters. The summed E-state index contributed by atoms with van der Waals surface area (Å²) in [5, 5.41) is 3.17. The number of carbonyl (C=O) groups excluding carboxylic acids is 2. The van der Waals surface area contributed by atoms with E-state index in [1.165, 1.54) is 19.1 Å². The van der Waals surface area contributed by atoms with Crippen LogP contribution in [0.2, 0.25) is 0 Å². The number of hydrogen-bond acceptors (Lipinski definition) is 7. The highest BCUT2D eigenvalue weighted by molar-refractivity contribution is 6.36. The van der Waals surface area contributed by atoms with Gasteiger partial charge in [-0.25, -0.2) is 0 Å². The van der Waals surface area contributed by atoms with Crippen LogP contribution in [0.15, 0.2) is 66.6 Å². The first-order valence-electron chi connectivity index (χ1n) is 10.6. The zero-order valence-corrected chi connectivity index (χ0v) is 19.4. The number of aryl methyl sites for hydroxylation is 1. The van der Waals surface area contributed by atoms with Gasteiger partial charge in [0.1, 0.15) is 11.4 Å². The Balaban J connectivity index is 1.82. The first-order valence-corrected chi connectivity index (χ1v) is 10.6. The lowest BCUT2D eigenvalue weighted by Gasteiger charge is -2.16. The molecule has 8 heteroatoms. The van der Waals surface area contributed by atoms with Gasteiger partial charge in [-0.1, -0.05) is 12.1 Å². The van der Waals surface area contributed by atoms with Crippen molar-refractivity contribution in [3.8, 4) is 17.2 Å². The SMILES string of the molecule is COc1ccc(C)cc1NC1=C(c2ccc(OC)c(OC)c2)C(=O)N(Cc2ccncc2)C1=O. The number of hydrogen-bond donors (Lipinski definition) is 1. The minimum absolute atomic E-state index is 0.118. The molecule has 2 aromatic carbocycles. The van der Waals surface area contributed by atoms with Gasteiger partial charge in [0, 0.05) is 12.4 Å². The molecule has 4 rings (SSSR count). The van der Waals surface area contributed by atoms with E-state index in [4.69, 9.17) is 14.2 Å². The maximum absolute atomic E-state index is 13.6. The second-order valence-corrected chi connectivity index (χ2v) is 7.70. The van der Waals surface area contributed by atoms with E-state index in [1.807, 2.05) is 25.1 Å². The van der Waals surface area contributed by atoms with E-state index >= 15 is 0 Å². The van der Waals surface area contributed by atoms with Gasteiger partial charge in [0.2, 0.25) is 0 Å². The van der Waals surface area contributed by atoms with Crippen LogP contribution in [-0.2, 0) is 16.1 Å². The summed E-state index contributed by atoms with van der Waals surface area (Å²) in [5.41, 5.74) is 3.28. The molecule has 0 radical (unpaired) electrons. The molecule has 3 aromatic rings. The number of carbonyl (C=O) groups is 2. The van der Waals surface area contributed by atoms with Crippen molar-refractivity contribution in [2.24, 2.45) is 0 Å². The van der Waals surface area contributed by atoms with E-state index in [2.05, 4.69) is 10.3 Å². The monoisotopic (exact) mass is 459 g/mol. The van der Waals surface area contributed by atoms with Crippen LogP contribution in [0.1, 0.15) is 16.7 Å². The van der Waals surface area contributed by atoms with E-state index in [1.54, 1.807) is 49.8 Å². The van der Waals surface area contributed by atoms with Gasteiger partial charge in [-0.15, -0.1) is 0 Å². The van der Waals surface area contributed by atoms with Crippen LogP contribution in [-0.4, -0.2) is 43.0 Å². The first kappa shape index (κ1) is 22.8. The number of benzene rings is 2. The second-order valence-electron chi connectivity index (χ2n) is 7.70. The predicted octanol–water partition coefficient (Wildman–Crippen LogP) is 3.81. The van der Waals surface area contributed by atoms with Gasteiger partial charge in [-0.05, 0) is 60.0 Å². The molecule has 2 heterocycles. The molecule has 2 amide bonds. The number of imide groups is 1. The summed E-state index contributed by atoms with van der Waals surface area (Å²) in [6.45, 7) is 2.05. The number of aromatic nitrogens is 1. The van der Waals surface area contributed by atoms with Crippen LogP contribution >= 0.6 is 0 Å². The van der Waals surface area contributed by atoms with E-state index in [0.29, 0.717) is 28.5 Å². The number of ether oxygens (including phenoxy) is 3. The Morgan fingerprint density at radius 2 is 1.50 bits per heavy atom. The third kappa shape index (κ3) is 4.30. The van der Waals surface area contributed by atoms with Crippen molar-refractivity contribution < 1.29 is 23.8 Å². The van der Waals surface area contributed by atoms with Gasteiger partial charge in [0.15, 0.2) is 11.5 Å². The number of pyridine rings is 1. The predicted molar refractivity (Wildman–Crippen MR) is 128 cm³/mol. The molecule has 0 saturated carbocycles. The number of amides is 2. The molecule has 34 heavy (non-hydrogen) atoms. The van der Waals surface area contributed by atoms with Gasteiger partial charge in [0.25, 0.3) is 11.8 Å². The number of methoxy groups -OCH3 is 3. The maximum atomic E-state index is 13.6. The highest BCUT2D eigenvalue weighted by Crippen LogP contribution is 2.37. The molecule has 1 aliphatic heterocycles. The first-order chi connectivity index (χ1) is 16.5. The van der Waals surface area contributed by atoms with Crippen LogP contribution < -0.4 is 19.5 Å². The number of anilines is 1. The summed E-state index contributed by atoms with van der Waals surface area (Å²) in [7, 11) is 4.61. The van der Waals surface area contributed by atoms with Gasteiger partial charge < -0.3 is 19.5 Å². The number of rotatable bonds is 8. The molecule has 0 spiro atoms. The van der Waals surface area contributed by atoms with Crippen molar-refractivity contribution in [3.63, 3.8) is 0 Å². The van der Waals surface area contributed by atoms with Crippen molar-refractivity contribution in [1.82, 2.24) is 9.88 Å². The molecule has 0 atom stereocenters. The molecule has 0 fully saturated rings. The Morgan fingerprint density at radius 1 is 0.824 bits per heavy atom. The van der Waals surface area contributed by atoms with Gasteiger partial charge >= 0.3 is 0 Å². The Labute approximate surface area is 197 Å². The van der Waals surface area contributed by atoms with Crippen molar-refractivity contribution in [3.05, 3.63) is 83.3 Å². The average Bonchev–Trinajstić information content (AvgIpc) is 3.08. The van der Waals surface area contributed by atoms with Crippen LogP contribution in [0.25, 0.3) is 5.57 Å². The van der Waals surface area contributed by atoms with E-state index in [-0.39, 0.29) is 17.8 Å². The fraction of sp³-hybridized carbons (Fsp3) is 0.192. The second kappa shape index (κ2) is 9.66. The summed E-state index contributed by atoms with van der Waals surface area (Å²) in [5.74, 6) is 0.677. The summed E-state index contributed by atoms with van der Waals surface area (Å²) in [4.78, 5) is 32.3. The molecule has 0 saturated heterocycles. The largest absolute Gasteiger partial charge is 0.495 e. The molecule has 8 nitrogen and oxygen atoms in total. The quantitative estimate of drug-likeness (QED) is 0.513. The summed E-state index contributed by atoms with van der Waals surface area (Å²) in [6, 6.07) is 14.2. The molecule has 1 aromatic heterocycles. The maximum Gasteiger partial charge on any atom is 0.278 e. The molecule has 1 aliphatic rings. The lowest BCUT2D eigenvalue weighted by atomic mass is 10.0. The Bertz CT molecular complexity index is 1270. The minimum Gasteiger partial charge on any atom is -0.495 e. The van der Waals surface area contributed by atoms with Crippen molar-refractivity contribution in [2.45, 2.75) is 13.5 Å². The lowest BCUT2D eigenvalue weighted by molar-refractivity contribution is -0.137. The highest BCUT2D eigenvalue weighted by atomic mass is 16.5. The standard InChI is InChI=1S/C26H25N3O5/c1-16-5-7-20(32-2)19(13-16)28-24-23(18-6-8-21(33-3)22(14-18)34-4)25(30)29(26(24)31)15-17-9-11-27-12-10-17/h5-14,28H,15H2,1-4H3. The van der Waals surface area contributed by atoms with E-state index < -0.39 is 11.8 Å². The molecular formula is C26H25N3O5. The number of nitrogens with zero attached hydrogens (tertiary/aromatic N) is 2. The summed E-state index contributed by atoms with van der Waals surface area (Å²) < 4.78 is 16.2. The normalized spacial score (nSPS) is 13.4. The van der Waals surface area contributed by atoms with Crippen molar-refractivity contribution in [1.29, 1.82) is 0 Å². The minimum atomic E-state index is -0.435. The van der Waals surface area contributed by atoms with E-state index in [0.717, 1.165) is 11.1 Å².